The molecule has 0 saturated heterocycles. The maximum Gasteiger partial charge on any atom is 0.0741 e. The minimum atomic E-state index is -0.241. The molecule has 0 radical (unpaired) electrons. The van der Waals surface area contributed by atoms with Gasteiger partial charge in [-0.05, 0) is 25.3 Å². The molecule has 1 fully saturated rings. The largest absolute Gasteiger partial charge is 0.391 e. The quantitative estimate of drug-likeness (QED) is 0.715. The van der Waals surface area contributed by atoms with E-state index in [0.29, 0.717) is 0 Å². The van der Waals surface area contributed by atoms with Gasteiger partial charge in [-0.2, -0.15) is 0 Å². The average molecular weight is 263 g/mol. The van der Waals surface area contributed by atoms with Crippen LogP contribution in [0, 0.1) is 0 Å². The SMILES string of the molecule is CCCNc1cncc(NC2CCCCCC2O)c1. The van der Waals surface area contributed by atoms with Crippen molar-refractivity contribution in [1.82, 2.24) is 4.98 Å². The third kappa shape index (κ3) is 4.39. The number of rotatable bonds is 5. The Kier molecular flexibility index (Phi) is 5.45. The zero-order valence-electron chi connectivity index (χ0n) is 11.7. The molecule has 4 nitrogen and oxygen atoms in total. The summed E-state index contributed by atoms with van der Waals surface area (Å²) in [6.45, 7) is 3.10. The fraction of sp³-hybridized carbons (Fsp3) is 0.667. The van der Waals surface area contributed by atoms with Gasteiger partial charge in [0.1, 0.15) is 0 Å². The molecule has 0 aliphatic heterocycles. The first-order valence-electron chi connectivity index (χ1n) is 7.43. The van der Waals surface area contributed by atoms with Crippen LogP contribution >= 0.6 is 0 Å². The van der Waals surface area contributed by atoms with Crippen molar-refractivity contribution in [3.05, 3.63) is 18.5 Å². The van der Waals surface area contributed by atoms with Crippen LogP contribution in [-0.4, -0.2) is 28.8 Å². The maximum absolute atomic E-state index is 10.1. The zero-order valence-corrected chi connectivity index (χ0v) is 11.7. The lowest BCUT2D eigenvalue weighted by Gasteiger charge is -2.23. The Labute approximate surface area is 115 Å². The molecule has 1 heterocycles. The van der Waals surface area contributed by atoms with Crippen molar-refractivity contribution in [2.45, 2.75) is 57.6 Å². The lowest BCUT2D eigenvalue weighted by molar-refractivity contribution is 0.144. The van der Waals surface area contributed by atoms with Crippen LogP contribution < -0.4 is 10.6 Å². The highest BCUT2D eigenvalue weighted by Crippen LogP contribution is 2.22. The average Bonchev–Trinajstić information content (AvgIpc) is 2.62. The van der Waals surface area contributed by atoms with Crippen LogP contribution in [0.5, 0.6) is 0 Å². The van der Waals surface area contributed by atoms with E-state index >= 15 is 0 Å². The van der Waals surface area contributed by atoms with E-state index in [-0.39, 0.29) is 12.1 Å². The van der Waals surface area contributed by atoms with E-state index in [1.807, 2.05) is 12.4 Å². The van der Waals surface area contributed by atoms with E-state index in [2.05, 4.69) is 28.6 Å². The Bertz CT molecular complexity index is 383. The van der Waals surface area contributed by atoms with Gasteiger partial charge in [0.25, 0.3) is 0 Å². The predicted molar refractivity (Wildman–Crippen MR) is 79.5 cm³/mol. The van der Waals surface area contributed by atoms with E-state index in [1.165, 1.54) is 12.8 Å². The van der Waals surface area contributed by atoms with Crippen LogP contribution in [0.25, 0.3) is 0 Å². The Morgan fingerprint density at radius 2 is 2.00 bits per heavy atom. The molecule has 2 rings (SSSR count). The number of nitrogens with one attached hydrogen (secondary N) is 2. The van der Waals surface area contributed by atoms with Crippen LogP contribution in [0.3, 0.4) is 0 Å². The second kappa shape index (κ2) is 7.34. The molecular formula is C15H25N3O. The molecule has 2 atom stereocenters. The van der Waals surface area contributed by atoms with E-state index in [9.17, 15) is 5.11 Å². The zero-order chi connectivity index (χ0) is 13.5. The summed E-state index contributed by atoms with van der Waals surface area (Å²) >= 11 is 0. The smallest absolute Gasteiger partial charge is 0.0741 e. The van der Waals surface area contributed by atoms with Crippen LogP contribution in [-0.2, 0) is 0 Å². The summed E-state index contributed by atoms with van der Waals surface area (Å²) in [5.41, 5.74) is 2.03. The van der Waals surface area contributed by atoms with E-state index in [4.69, 9.17) is 0 Å². The molecule has 1 saturated carbocycles. The summed E-state index contributed by atoms with van der Waals surface area (Å²) in [6.07, 6.45) is 10.0. The van der Waals surface area contributed by atoms with Crippen molar-refractivity contribution in [1.29, 1.82) is 0 Å². The van der Waals surface area contributed by atoms with Crippen molar-refractivity contribution < 1.29 is 5.11 Å². The summed E-state index contributed by atoms with van der Waals surface area (Å²) in [5, 5.41) is 16.9. The van der Waals surface area contributed by atoms with Crippen LogP contribution in [0.1, 0.15) is 45.4 Å². The monoisotopic (exact) mass is 263 g/mol. The summed E-state index contributed by atoms with van der Waals surface area (Å²) in [4.78, 5) is 4.24. The van der Waals surface area contributed by atoms with Gasteiger partial charge < -0.3 is 15.7 Å². The predicted octanol–water partition coefficient (Wildman–Crippen LogP) is 3.01. The lowest BCUT2D eigenvalue weighted by atomic mass is 10.1. The minimum absolute atomic E-state index is 0.158. The van der Waals surface area contributed by atoms with Crippen LogP contribution in [0.4, 0.5) is 11.4 Å². The normalized spacial score (nSPS) is 23.7. The molecule has 0 aromatic carbocycles. The highest BCUT2D eigenvalue weighted by Gasteiger charge is 2.21. The second-order valence-electron chi connectivity index (χ2n) is 5.35. The molecule has 2 unspecified atom stereocenters. The molecule has 1 aromatic rings. The molecule has 0 amide bonds. The van der Waals surface area contributed by atoms with Crippen molar-refractivity contribution in [2.24, 2.45) is 0 Å². The van der Waals surface area contributed by atoms with Crippen molar-refractivity contribution in [3.63, 3.8) is 0 Å². The van der Waals surface area contributed by atoms with Gasteiger partial charge in [-0.3, -0.25) is 4.98 Å². The second-order valence-corrected chi connectivity index (χ2v) is 5.35. The topological polar surface area (TPSA) is 57.2 Å². The minimum Gasteiger partial charge on any atom is -0.391 e. The molecule has 1 aromatic heterocycles. The highest BCUT2D eigenvalue weighted by molar-refractivity contribution is 5.54. The first-order valence-corrected chi connectivity index (χ1v) is 7.43. The molecule has 0 bridgehead atoms. The number of pyridine rings is 1. The number of hydrogen-bond donors (Lipinski definition) is 3. The first kappa shape index (κ1) is 14.1. The molecule has 19 heavy (non-hydrogen) atoms. The third-order valence-electron chi connectivity index (χ3n) is 3.65. The van der Waals surface area contributed by atoms with Gasteiger partial charge in [-0.1, -0.05) is 26.2 Å². The van der Waals surface area contributed by atoms with Gasteiger partial charge in [-0.15, -0.1) is 0 Å². The van der Waals surface area contributed by atoms with Gasteiger partial charge in [0.05, 0.1) is 35.9 Å². The molecule has 0 spiro atoms. The van der Waals surface area contributed by atoms with Crippen molar-refractivity contribution >= 4 is 11.4 Å². The number of aliphatic hydroxyl groups is 1. The summed E-state index contributed by atoms with van der Waals surface area (Å²) in [5.74, 6) is 0. The molecule has 1 aliphatic carbocycles. The van der Waals surface area contributed by atoms with Gasteiger partial charge in [-0.25, -0.2) is 0 Å². The molecule has 3 N–H and O–H groups in total. The number of hydrogen-bond acceptors (Lipinski definition) is 4. The highest BCUT2D eigenvalue weighted by atomic mass is 16.3. The first-order chi connectivity index (χ1) is 9.29. The number of nitrogens with zero attached hydrogens (tertiary/aromatic N) is 1. The summed E-state index contributed by atoms with van der Waals surface area (Å²) < 4.78 is 0. The molecular weight excluding hydrogens is 238 g/mol. The number of anilines is 2. The Morgan fingerprint density at radius 3 is 2.84 bits per heavy atom. The van der Waals surface area contributed by atoms with Crippen LogP contribution in [0.2, 0.25) is 0 Å². The maximum atomic E-state index is 10.1. The van der Waals surface area contributed by atoms with E-state index < -0.39 is 0 Å². The Morgan fingerprint density at radius 1 is 1.21 bits per heavy atom. The van der Waals surface area contributed by atoms with Crippen molar-refractivity contribution in [3.8, 4) is 0 Å². The lowest BCUT2D eigenvalue weighted by Crippen LogP contribution is -2.32. The van der Waals surface area contributed by atoms with Gasteiger partial charge >= 0.3 is 0 Å². The Balaban J connectivity index is 1.97. The van der Waals surface area contributed by atoms with Gasteiger partial charge in [0, 0.05) is 6.54 Å². The van der Waals surface area contributed by atoms with Gasteiger partial charge in [0.15, 0.2) is 0 Å². The van der Waals surface area contributed by atoms with E-state index in [0.717, 1.165) is 43.6 Å². The van der Waals surface area contributed by atoms with Crippen LogP contribution in [0.15, 0.2) is 18.5 Å². The fourth-order valence-corrected chi connectivity index (χ4v) is 2.56. The molecule has 4 heteroatoms. The molecule has 106 valence electrons. The standard InChI is InChI=1S/C15H25N3O/c1-2-8-17-12-9-13(11-16-10-12)18-14-6-4-3-5-7-15(14)19/h9-11,14-15,17-19H,2-8H2,1H3. The summed E-state index contributed by atoms with van der Waals surface area (Å²) in [6, 6.07) is 2.23. The van der Waals surface area contributed by atoms with E-state index in [1.54, 1.807) is 0 Å². The third-order valence-corrected chi connectivity index (χ3v) is 3.65. The summed E-state index contributed by atoms with van der Waals surface area (Å²) in [7, 11) is 0. The number of aromatic nitrogens is 1. The van der Waals surface area contributed by atoms with Gasteiger partial charge in [0.2, 0.25) is 0 Å². The number of aliphatic hydroxyl groups excluding tert-OH is 1. The van der Waals surface area contributed by atoms with Crippen molar-refractivity contribution in [2.75, 3.05) is 17.2 Å². The Hall–Kier alpha value is -1.29. The fourth-order valence-electron chi connectivity index (χ4n) is 2.56. The molecule has 1 aliphatic rings.